The molecular formula is C17H27N3O8. The summed E-state index contributed by atoms with van der Waals surface area (Å²) in [7, 11) is 0. The van der Waals surface area contributed by atoms with E-state index in [2.05, 4.69) is 5.32 Å². The molecule has 0 aliphatic carbocycles. The largest absolute Gasteiger partial charge is 0.379 e. The number of benzene rings is 1. The van der Waals surface area contributed by atoms with E-state index in [-0.39, 0.29) is 17.1 Å². The van der Waals surface area contributed by atoms with Crippen LogP contribution >= 0.6 is 0 Å². The van der Waals surface area contributed by atoms with Crippen molar-refractivity contribution in [2.75, 3.05) is 64.7 Å². The average molecular weight is 401 g/mol. The van der Waals surface area contributed by atoms with Gasteiger partial charge in [-0.2, -0.15) is 0 Å². The summed E-state index contributed by atoms with van der Waals surface area (Å²) >= 11 is 0. The summed E-state index contributed by atoms with van der Waals surface area (Å²) in [6, 6.07) is 3.45. The Morgan fingerprint density at radius 1 is 0.821 bits per heavy atom. The topological polar surface area (TPSA) is 135 Å². The molecule has 0 aliphatic rings. The second kappa shape index (κ2) is 14.7. The maximum Gasteiger partial charge on any atom is 0.299 e. The van der Waals surface area contributed by atoms with Crippen LogP contribution in [0.15, 0.2) is 18.2 Å². The molecule has 0 saturated heterocycles. The summed E-state index contributed by atoms with van der Waals surface area (Å²) in [5.74, 6) is 0. The molecule has 0 fully saturated rings. The summed E-state index contributed by atoms with van der Waals surface area (Å²) in [6.07, 6.45) is 0.989. The summed E-state index contributed by atoms with van der Waals surface area (Å²) in [4.78, 5) is 20.4. The molecular weight excluding hydrogens is 374 g/mol. The van der Waals surface area contributed by atoms with E-state index >= 15 is 0 Å². The number of nitro groups is 2. The minimum atomic E-state index is -0.675. The van der Waals surface area contributed by atoms with E-state index in [1.165, 1.54) is 12.1 Å². The zero-order chi connectivity index (χ0) is 20.6. The van der Waals surface area contributed by atoms with Crippen molar-refractivity contribution in [3.8, 4) is 0 Å². The van der Waals surface area contributed by atoms with Gasteiger partial charge in [-0.05, 0) is 12.5 Å². The van der Waals surface area contributed by atoms with E-state index in [0.717, 1.165) is 19.1 Å². The van der Waals surface area contributed by atoms with Crippen molar-refractivity contribution in [1.82, 2.24) is 0 Å². The highest BCUT2D eigenvalue weighted by Gasteiger charge is 2.18. The van der Waals surface area contributed by atoms with Crippen LogP contribution in [-0.2, 0) is 18.9 Å². The van der Waals surface area contributed by atoms with Gasteiger partial charge in [-0.25, -0.2) is 0 Å². The van der Waals surface area contributed by atoms with Crippen molar-refractivity contribution in [3.05, 3.63) is 38.4 Å². The van der Waals surface area contributed by atoms with Gasteiger partial charge in [-0.15, -0.1) is 0 Å². The molecule has 0 amide bonds. The van der Waals surface area contributed by atoms with Crippen LogP contribution < -0.4 is 5.32 Å². The van der Waals surface area contributed by atoms with Crippen LogP contribution in [0, 0.1) is 20.2 Å². The van der Waals surface area contributed by atoms with Crippen molar-refractivity contribution < 1.29 is 28.8 Å². The zero-order valence-corrected chi connectivity index (χ0v) is 16.0. The zero-order valence-electron chi connectivity index (χ0n) is 16.0. The number of anilines is 1. The van der Waals surface area contributed by atoms with Gasteiger partial charge in [0.1, 0.15) is 5.69 Å². The van der Waals surface area contributed by atoms with Gasteiger partial charge >= 0.3 is 0 Å². The molecule has 0 saturated carbocycles. The second-order valence-electron chi connectivity index (χ2n) is 5.59. The van der Waals surface area contributed by atoms with E-state index in [1.54, 1.807) is 0 Å². The quantitative estimate of drug-likeness (QED) is 0.237. The van der Waals surface area contributed by atoms with Crippen molar-refractivity contribution in [3.63, 3.8) is 0 Å². The Balaban J connectivity index is 2.07. The van der Waals surface area contributed by atoms with Gasteiger partial charge in [-0.3, -0.25) is 20.2 Å². The van der Waals surface area contributed by atoms with E-state index in [1.807, 2.05) is 6.92 Å². The van der Waals surface area contributed by atoms with Crippen molar-refractivity contribution in [2.24, 2.45) is 0 Å². The molecule has 158 valence electrons. The molecule has 0 unspecified atom stereocenters. The normalized spacial score (nSPS) is 10.8. The first kappa shape index (κ1) is 23.7. The number of nitrogens with zero attached hydrogens (tertiary/aromatic N) is 2. The Bertz CT molecular complexity index is 600. The van der Waals surface area contributed by atoms with Crippen molar-refractivity contribution >= 4 is 17.1 Å². The van der Waals surface area contributed by atoms with Crippen LogP contribution in [-0.4, -0.2) is 69.2 Å². The average Bonchev–Trinajstić information content (AvgIpc) is 2.68. The molecule has 1 aromatic carbocycles. The Kier molecular flexibility index (Phi) is 12.4. The van der Waals surface area contributed by atoms with Crippen molar-refractivity contribution in [1.29, 1.82) is 0 Å². The second-order valence-corrected chi connectivity index (χ2v) is 5.59. The number of rotatable bonds is 17. The highest BCUT2D eigenvalue weighted by Crippen LogP contribution is 2.28. The Morgan fingerprint density at radius 3 is 1.86 bits per heavy atom. The molecule has 0 atom stereocenters. The summed E-state index contributed by atoms with van der Waals surface area (Å²) in [5, 5.41) is 24.6. The van der Waals surface area contributed by atoms with E-state index < -0.39 is 9.85 Å². The standard InChI is InChI=1S/C17H27N3O8/c1-2-6-25-8-10-27-12-13-28-11-9-26-7-5-18-16-4-3-15(19(21)22)14-17(16)20(23)24/h3-4,14,18H,2,5-13H2,1H3. The van der Waals surface area contributed by atoms with Gasteiger partial charge in [0.15, 0.2) is 0 Å². The molecule has 1 aromatic rings. The van der Waals surface area contributed by atoms with E-state index in [0.29, 0.717) is 52.8 Å². The predicted octanol–water partition coefficient (Wildman–Crippen LogP) is 2.39. The summed E-state index contributed by atoms with van der Waals surface area (Å²) in [5.41, 5.74) is -0.476. The summed E-state index contributed by atoms with van der Waals surface area (Å²) < 4.78 is 21.3. The smallest absolute Gasteiger partial charge is 0.299 e. The fraction of sp³-hybridized carbons (Fsp3) is 0.647. The minimum absolute atomic E-state index is 0.204. The summed E-state index contributed by atoms with van der Waals surface area (Å²) in [6.45, 7) is 6.28. The minimum Gasteiger partial charge on any atom is -0.379 e. The molecule has 0 radical (unpaired) electrons. The van der Waals surface area contributed by atoms with Crippen LogP contribution in [0.2, 0.25) is 0 Å². The lowest BCUT2D eigenvalue weighted by Gasteiger charge is -2.09. The Labute approximate surface area is 163 Å². The molecule has 0 aromatic heterocycles. The lowest BCUT2D eigenvalue weighted by atomic mass is 10.2. The lowest BCUT2D eigenvalue weighted by molar-refractivity contribution is -0.393. The molecule has 11 nitrogen and oxygen atoms in total. The van der Waals surface area contributed by atoms with Gasteiger partial charge < -0.3 is 24.3 Å². The monoisotopic (exact) mass is 401 g/mol. The van der Waals surface area contributed by atoms with E-state index in [4.69, 9.17) is 18.9 Å². The molecule has 0 spiro atoms. The van der Waals surface area contributed by atoms with Gasteiger partial charge in [0.25, 0.3) is 11.4 Å². The third-order valence-electron chi connectivity index (χ3n) is 3.42. The molecule has 28 heavy (non-hydrogen) atoms. The molecule has 0 heterocycles. The predicted molar refractivity (Wildman–Crippen MR) is 102 cm³/mol. The molecule has 0 aliphatic heterocycles. The Hall–Kier alpha value is -2.34. The van der Waals surface area contributed by atoms with Crippen LogP contribution in [0.1, 0.15) is 13.3 Å². The number of hydrogen-bond acceptors (Lipinski definition) is 9. The molecule has 1 N–H and O–H groups in total. The van der Waals surface area contributed by atoms with Crippen LogP contribution in [0.3, 0.4) is 0 Å². The van der Waals surface area contributed by atoms with E-state index in [9.17, 15) is 20.2 Å². The fourth-order valence-corrected chi connectivity index (χ4v) is 2.10. The van der Waals surface area contributed by atoms with Gasteiger partial charge in [0.2, 0.25) is 0 Å². The SMILES string of the molecule is CCCOCCOCCOCCOCCNc1ccc([N+](=O)[O-])cc1[N+](=O)[O-]. The number of non-ortho nitro benzene ring substituents is 1. The first-order chi connectivity index (χ1) is 13.6. The highest BCUT2D eigenvalue weighted by molar-refractivity contribution is 5.65. The molecule has 1 rings (SSSR count). The van der Waals surface area contributed by atoms with Crippen LogP contribution in [0.4, 0.5) is 17.1 Å². The molecule has 11 heteroatoms. The fourth-order valence-electron chi connectivity index (χ4n) is 2.10. The molecule has 0 bridgehead atoms. The first-order valence-corrected chi connectivity index (χ1v) is 9.04. The highest BCUT2D eigenvalue weighted by atomic mass is 16.6. The number of nitrogens with one attached hydrogen (secondary N) is 1. The van der Waals surface area contributed by atoms with Crippen LogP contribution in [0.25, 0.3) is 0 Å². The van der Waals surface area contributed by atoms with Gasteiger partial charge in [0, 0.05) is 19.2 Å². The van der Waals surface area contributed by atoms with Crippen molar-refractivity contribution in [2.45, 2.75) is 13.3 Å². The van der Waals surface area contributed by atoms with Crippen LogP contribution in [0.5, 0.6) is 0 Å². The number of hydrogen-bond donors (Lipinski definition) is 1. The Morgan fingerprint density at radius 2 is 1.36 bits per heavy atom. The lowest BCUT2D eigenvalue weighted by Crippen LogP contribution is -2.15. The van der Waals surface area contributed by atoms with Gasteiger partial charge in [0.05, 0.1) is 62.2 Å². The van der Waals surface area contributed by atoms with Gasteiger partial charge in [-0.1, -0.05) is 6.92 Å². The maximum atomic E-state index is 11.0. The maximum absolute atomic E-state index is 11.0. The third kappa shape index (κ3) is 10.1. The first-order valence-electron chi connectivity index (χ1n) is 9.04. The number of ether oxygens (including phenoxy) is 4. The third-order valence-corrected chi connectivity index (χ3v) is 3.42. The number of nitro benzene ring substituents is 2.